The van der Waals surface area contributed by atoms with Crippen molar-refractivity contribution in [2.45, 2.75) is 12.8 Å². The number of aryl methyl sites for hydroxylation is 1. The van der Waals surface area contributed by atoms with Gasteiger partial charge in [-0.15, -0.1) is 11.3 Å². The first-order valence-electron chi connectivity index (χ1n) is 16.9. The highest BCUT2D eigenvalue weighted by Gasteiger charge is 2.22. The average molecular weight is 646 g/mol. The lowest BCUT2D eigenvalue weighted by Gasteiger charge is -2.28. The van der Waals surface area contributed by atoms with Crippen molar-refractivity contribution in [2.75, 3.05) is 4.90 Å². The van der Waals surface area contributed by atoms with E-state index < -0.39 is 0 Å². The maximum Gasteiger partial charge on any atom is 0.143 e. The summed E-state index contributed by atoms with van der Waals surface area (Å²) in [4.78, 5) is 2.45. The van der Waals surface area contributed by atoms with E-state index in [0.29, 0.717) is 0 Å². The highest BCUT2D eigenvalue weighted by molar-refractivity contribution is 7.26. The molecule has 7 aromatic carbocycles. The number of allylic oxidation sites excluding steroid dienone is 1. The molecule has 0 bridgehead atoms. The van der Waals surface area contributed by atoms with Crippen LogP contribution >= 0.6 is 11.3 Å². The molecule has 232 valence electrons. The molecular weight excluding hydrogens is 615 g/mol. The van der Waals surface area contributed by atoms with Gasteiger partial charge in [0.1, 0.15) is 11.2 Å². The molecule has 49 heavy (non-hydrogen) atoms. The topological polar surface area (TPSA) is 16.4 Å². The molecule has 1 aliphatic carbocycles. The van der Waals surface area contributed by atoms with E-state index in [1.807, 2.05) is 23.5 Å². The van der Waals surface area contributed by atoms with Crippen molar-refractivity contribution >= 4 is 76.6 Å². The van der Waals surface area contributed by atoms with Crippen LogP contribution in [0.4, 0.5) is 17.1 Å². The van der Waals surface area contributed by atoms with Gasteiger partial charge >= 0.3 is 0 Å². The van der Waals surface area contributed by atoms with Crippen molar-refractivity contribution < 1.29 is 4.42 Å². The Morgan fingerprint density at radius 3 is 2.22 bits per heavy atom. The summed E-state index contributed by atoms with van der Waals surface area (Å²) in [6, 6.07) is 55.0. The molecule has 0 saturated heterocycles. The second-order valence-corrected chi connectivity index (χ2v) is 13.8. The lowest BCUT2D eigenvalue weighted by atomic mass is 9.95. The van der Waals surface area contributed by atoms with E-state index in [2.05, 4.69) is 157 Å². The van der Waals surface area contributed by atoms with Crippen molar-refractivity contribution in [3.63, 3.8) is 0 Å². The smallest absolute Gasteiger partial charge is 0.143 e. The lowest BCUT2D eigenvalue weighted by molar-refractivity contribution is 0.670. The first-order chi connectivity index (χ1) is 24.3. The molecular formula is C46H31NOS. The van der Waals surface area contributed by atoms with E-state index in [9.17, 15) is 0 Å². The number of benzene rings is 7. The summed E-state index contributed by atoms with van der Waals surface area (Å²) in [6.45, 7) is 0. The van der Waals surface area contributed by atoms with Crippen molar-refractivity contribution in [2.24, 2.45) is 0 Å². The standard InChI is InChI=1S/C46H31NOS/c1-2-12-31(13-3-1)36-27-28-41(46-44(36)40-16-7-9-20-43(40)49-46)47(35-26-21-30-11-4-5-14-33(30)29-35)34-24-22-32(23-25-34)37-17-10-18-39-38-15-6-8-19-42(38)48-45(37)39/h1-4,6-13,15-29H,5,14H2. The normalized spacial score (nSPS) is 12.7. The molecule has 0 unspecified atom stereocenters. The minimum absolute atomic E-state index is 0.918. The molecule has 0 fully saturated rings. The minimum Gasteiger partial charge on any atom is -0.455 e. The maximum absolute atomic E-state index is 6.42. The van der Waals surface area contributed by atoms with Crippen LogP contribution in [0.15, 0.2) is 162 Å². The van der Waals surface area contributed by atoms with E-state index in [1.54, 1.807) is 0 Å². The van der Waals surface area contributed by atoms with Crippen LogP contribution in [0.1, 0.15) is 17.5 Å². The summed E-state index contributed by atoms with van der Waals surface area (Å²) < 4.78 is 9.00. The van der Waals surface area contributed by atoms with Crippen LogP contribution in [0.3, 0.4) is 0 Å². The Kier molecular flexibility index (Phi) is 6.53. The van der Waals surface area contributed by atoms with Crippen LogP contribution in [0.2, 0.25) is 0 Å². The molecule has 0 aliphatic heterocycles. The van der Waals surface area contributed by atoms with E-state index in [1.165, 1.54) is 53.8 Å². The van der Waals surface area contributed by atoms with E-state index in [-0.39, 0.29) is 0 Å². The number of furan rings is 1. The van der Waals surface area contributed by atoms with Gasteiger partial charge in [0.25, 0.3) is 0 Å². The molecule has 0 saturated carbocycles. The van der Waals surface area contributed by atoms with Crippen LogP contribution < -0.4 is 4.90 Å². The summed E-state index contributed by atoms with van der Waals surface area (Å²) in [6.07, 6.45) is 6.67. The van der Waals surface area contributed by atoms with Gasteiger partial charge in [-0.25, -0.2) is 0 Å². The van der Waals surface area contributed by atoms with E-state index in [4.69, 9.17) is 4.42 Å². The monoisotopic (exact) mass is 645 g/mol. The van der Waals surface area contributed by atoms with Crippen LogP contribution in [0, 0.1) is 0 Å². The highest BCUT2D eigenvalue weighted by atomic mass is 32.1. The minimum atomic E-state index is 0.918. The number of hydrogen-bond acceptors (Lipinski definition) is 3. The van der Waals surface area contributed by atoms with E-state index >= 15 is 0 Å². The van der Waals surface area contributed by atoms with Gasteiger partial charge in [-0.05, 0) is 83.1 Å². The number of anilines is 3. The summed E-state index contributed by atoms with van der Waals surface area (Å²) in [5, 5.41) is 4.90. The number of thiophene rings is 1. The second-order valence-electron chi connectivity index (χ2n) is 12.8. The molecule has 0 N–H and O–H groups in total. The van der Waals surface area contributed by atoms with E-state index in [0.717, 1.165) is 51.6 Å². The number of fused-ring (bicyclic) bond motifs is 7. The molecule has 2 heterocycles. The van der Waals surface area contributed by atoms with Crippen molar-refractivity contribution in [1.82, 2.24) is 0 Å². The third-order valence-electron chi connectivity index (χ3n) is 9.93. The first kappa shape index (κ1) is 28.1. The molecule has 0 atom stereocenters. The Morgan fingerprint density at radius 2 is 1.33 bits per heavy atom. The van der Waals surface area contributed by atoms with Crippen molar-refractivity contribution in [3.8, 4) is 22.3 Å². The fourth-order valence-electron chi connectivity index (χ4n) is 7.60. The van der Waals surface area contributed by atoms with Gasteiger partial charge in [0.15, 0.2) is 0 Å². The number of nitrogens with zero attached hydrogens (tertiary/aromatic N) is 1. The van der Waals surface area contributed by atoms with Gasteiger partial charge in [0, 0.05) is 43.2 Å². The summed E-state index contributed by atoms with van der Waals surface area (Å²) in [5.41, 5.74) is 12.8. The van der Waals surface area contributed by atoms with Gasteiger partial charge in [0.05, 0.1) is 10.4 Å². The first-order valence-corrected chi connectivity index (χ1v) is 17.7. The Bertz CT molecular complexity index is 2710. The number of para-hydroxylation sites is 2. The van der Waals surface area contributed by atoms with Crippen molar-refractivity contribution in [3.05, 3.63) is 169 Å². The molecule has 3 heteroatoms. The summed E-state index contributed by atoms with van der Waals surface area (Å²) >= 11 is 1.88. The zero-order chi connectivity index (χ0) is 32.3. The number of hydrogen-bond donors (Lipinski definition) is 0. The van der Waals surface area contributed by atoms with Crippen LogP contribution in [0.25, 0.3) is 70.4 Å². The molecule has 9 aromatic rings. The molecule has 10 rings (SSSR count). The third-order valence-corrected chi connectivity index (χ3v) is 11.1. The zero-order valence-electron chi connectivity index (χ0n) is 26.8. The predicted octanol–water partition coefficient (Wildman–Crippen LogP) is 13.7. The zero-order valence-corrected chi connectivity index (χ0v) is 27.6. The fourth-order valence-corrected chi connectivity index (χ4v) is 8.83. The van der Waals surface area contributed by atoms with Gasteiger partial charge in [-0.1, -0.05) is 121 Å². The molecule has 1 aliphatic rings. The maximum atomic E-state index is 6.42. The van der Waals surface area contributed by atoms with Gasteiger partial charge in [-0.3, -0.25) is 0 Å². The highest BCUT2D eigenvalue weighted by Crippen LogP contribution is 2.49. The Balaban J connectivity index is 1.18. The fraction of sp³-hybridized carbons (Fsp3) is 0.0435. The van der Waals surface area contributed by atoms with Gasteiger partial charge < -0.3 is 9.32 Å². The quantitative estimate of drug-likeness (QED) is 0.185. The van der Waals surface area contributed by atoms with Crippen LogP contribution in [-0.2, 0) is 6.42 Å². The Morgan fingerprint density at radius 1 is 0.571 bits per heavy atom. The average Bonchev–Trinajstić information content (AvgIpc) is 3.75. The van der Waals surface area contributed by atoms with Crippen molar-refractivity contribution in [1.29, 1.82) is 0 Å². The summed E-state index contributed by atoms with van der Waals surface area (Å²) in [5.74, 6) is 0. The largest absolute Gasteiger partial charge is 0.455 e. The Labute approximate surface area is 288 Å². The number of rotatable bonds is 5. The summed E-state index contributed by atoms with van der Waals surface area (Å²) in [7, 11) is 0. The molecule has 0 amide bonds. The molecule has 2 aromatic heterocycles. The van der Waals surface area contributed by atoms with Crippen LogP contribution in [0.5, 0.6) is 0 Å². The second kappa shape index (κ2) is 11.4. The molecule has 0 radical (unpaired) electrons. The SMILES string of the molecule is C1=Cc2ccc(N(c3ccc(-c4cccc5c4oc4ccccc45)cc3)c3ccc(-c4ccccc4)c4c3sc3ccccc34)cc2CC1. The molecule has 2 nitrogen and oxygen atoms in total. The van der Waals surface area contributed by atoms with Gasteiger partial charge in [0.2, 0.25) is 0 Å². The molecule has 0 spiro atoms. The third kappa shape index (κ3) is 4.62. The van der Waals surface area contributed by atoms with Crippen LogP contribution in [-0.4, -0.2) is 0 Å². The van der Waals surface area contributed by atoms with Gasteiger partial charge in [-0.2, -0.15) is 0 Å². The Hall–Kier alpha value is -5.90. The predicted molar refractivity (Wildman–Crippen MR) is 210 cm³/mol. The lowest BCUT2D eigenvalue weighted by Crippen LogP contribution is -2.11.